The molecule has 0 aliphatic rings. The van der Waals surface area contributed by atoms with Gasteiger partial charge in [-0.2, -0.15) is 0 Å². The summed E-state index contributed by atoms with van der Waals surface area (Å²) in [5.74, 6) is 0. The third kappa shape index (κ3) is 3.87. The molecule has 0 saturated carbocycles. The molecule has 118 valence electrons. The number of aryl methyl sites for hydroxylation is 1. The van der Waals surface area contributed by atoms with Crippen LogP contribution in [0.3, 0.4) is 0 Å². The summed E-state index contributed by atoms with van der Waals surface area (Å²) in [5, 5.41) is 1.35. The van der Waals surface area contributed by atoms with E-state index in [4.69, 9.17) is 0 Å². The molecule has 0 unspecified atom stereocenters. The van der Waals surface area contributed by atoms with Crippen molar-refractivity contribution in [3.8, 4) is 0 Å². The molecule has 0 bridgehead atoms. The van der Waals surface area contributed by atoms with Crippen LogP contribution in [-0.4, -0.2) is 30.5 Å². The van der Waals surface area contributed by atoms with Gasteiger partial charge in [-0.3, -0.25) is 4.98 Å². The lowest BCUT2D eigenvalue weighted by Gasteiger charge is -2.08. The number of fused-ring (bicyclic) bond motifs is 1. The molecular weight excluding hydrogens is 300 g/mol. The summed E-state index contributed by atoms with van der Waals surface area (Å²) >= 11 is 1.92. The van der Waals surface area contributed by atoms with E-state index in [1.807, 2.05) is 35.7 Å². The molecule has 0 fully saturated rings. The van der Waals surface area contributed by atoms with E-state index in [0.29, 0.717) is 0 Å². The maximum Gasteiger partial charge on any atom is 0.0629 e. The summed E-state index contributed by atoms with van der Waals surface area (Å²) in [6, 6.07) is 12.7. The molecule has 3 aromatic rings. The van der Waals surface area contributed by atoms with Crippen LogP contribution in [0.5, 0.6) is 0 Å². The van der Waals surface area contributed by atoms with Crippen molar-refractivity contribution in [1.82, 2.24) is 9.88 Å². The van der Waals surface area contributed by atoms with Crippen molar-refractivity contribution in [3.05, 3.63) is 64.3 Å². The van der Waals surface area contributed by atoms with Crippen LogP contribution in [0.15, 0.2) is 42.6 Å². The molecule has 0 N–H and O–H groups in total. The number of benzene rings is 1. The van der Waals surface area contributed by atoms with E-state index in [1.54, 1.807) is 0 Å². The van der Waals surface area contributed by atoms with Crippen molar-refractivity contribution >= 4 is 33.6 Å². The predicted octanol–water partition coefficient (Wildman–Crippen LogP) is 4.88. The van der Waals surface area contributed by atoms with Crippen LogP contribution >= 0.6 is 11.3 Å². The number of nitrogens with zero attached hydrogens (tertiary/aromatic N) is 2. The SMILES string of the molecule is Cc1ccc2c(C=Cc3ccccn3)c(CCN(C)C)sc2c1. The van der Waals surface area contributed by atoms with Gasteiger partial charge in [-0.15, -0.1) is 11.3 Å². The summed E-state index contributed by atoms with van der Waals surface area (Å²) in [6.07, 6.45) is 7.25. The van der Waals surface area contributed by atoms with Gasteiger partial charge in [0.25, 0.3) is 0 Å². The zero-order chi connectivity index (χ0) is 16.2. The van der Waals surface area contributed by atoms with E-state index in [-0.39, 0.29) is 0 Å². The summed E-state index contributed by atoms with van der Waals surface area (Å²) in [7, 11) is 4.25. The first-order valence-electron chi connectivity index (χ1n) is 7.89. The van der Waals surface area contributed by atoms with Crippen molar-refractivity contribution in [2.24, 2.45) is 0 Å². The number of pyridine rings is 1. The Balaban J connectivity index is 2.01. The van der Waals surface area contributed by atoms with Crippen LogP contribution in [0.4, 0.5) is 0 Å². The first kappa shape index (κ1) is 15.9. The smallest absolute Gasteiger partial charge is 0.0629 e. The Morgan fingerprint density at radius 1 is 1.13 bits per heavy atom. The molecule has 2 heterocycles. The minimum absolute atomic E-state index is 0.998. The number of thiophene rings is 1. The standard InChI is InChI=1S/C20H22N2S/c1-15-7-9-18-17(10-8-16-6-4-5-12-21-16)19(11-13-22(2)3)23-20(18)14-15/h4-10,12,14H,11,13H2,1-3H3. The predicted molar refractivity (Wildman–Crippen MR) is 102 cm³/mol. The lowest BCUT2D eigenvalue weighted by molar-refractivity contribution is 0.415. The maximum atomic E-state index is 4.38. The summed E-state index contributed by atoms with van der Waals surface area (Å²) in [6.45, 7) is 3.22. The Hall–Kier alpha value is -1.97. The Morgan fingerprint density at radius 2 is 2.00 bits per heavy atom. The molecular formula is C20H22N2S. The van der Waals surface area contributed by atoms with Gasteiger partial charge in [-0.1, -0.05) is 24.3 Å². The molecule has 2 nitrogen and oxygen atoms in total. The van der Waals surface area contributed by atoms with Gasteiger partial charge >= 0.3 is 0 Å². The number of aromatic nitrogens is 1. The van der Waals surface area contributed by atoms with Crippen LogP contribution in [0.1, 0.15) is 21.7 Å². The first-order valence-corrected chi connectivity index (χ1v) is 8.71. The zero-order valence-electron chi connectivity index (χ0n) is 13.9. The van der Waals surface area contributed by atoms with Crippen LogP contribution in [-0.2, 0) is 6.42 Å². The lowest BCUT2D eigenvalue weighted by Crippen LogP contribution is -2.14. The van der Waals surface area contributed by atoms with Crippen LogP contribution in [0.25, 0.3) is 22.2 Å². The molecule has 0 radical (unpaired) electrons. The summed E-state index contributed by atoms with van der Waals surface area (Å²) in [5.41, 5.74) is 3.66. The van der Waals surface area contributed by atoms with Gasteiger partial charge < -0.3 is 4.90 Å². The Kier molecular flexibility index (Phi) is 4.89. The van der Waals surface area contributed by atoms with Crippen molar-refractivity contribution in [1.29, 1.82) is 0 Å². The second-order valence-electron chi connectivity index (χ2n) is 6.08. The minimum atomic E-state index is 0.998. The minimum Gasteiger partial charge on any atom is -0.309 e. The van der Waals surface area contributed by atoms with Crippen LogP contribution < -0.4 is 0 Å². The van der Waals surface area contributed by atoms with Gasteiger partial charge in [-0.25, -0.2) is 0 Å². The maximum absolute atomic E-state index is 4.38. The highest BCUT2D eigenvalue weighted by molar-refractivity contribution is 7.19. The second-order valence-corrected chi connectivity index (χ2v) is 7.22. The lowest BCUT2D eigenvalue weighted by atomic mass is 10.1. The molecule has 3 rings (SSSR count). The average Bonchev–Trinajstić information content (AvgIpc) is 2.88. The van der Waals surface area contributed by atoms with Crippen molar-refractivity contribution < 1.29 is 0 Å². The van der Waals surface area contributed by atoms with Crippen molar-refractivity contribution in [2.45, 2.75) is 13.3 Å². The Morgan fingerprint density at radius 3 is 2.74 bits per heavy atom. The van der Waals surface area contributed by atoms with Crippen molar-refractivity contribution in [3.63, 3.8) is 0 Å². The molecule has 0 aliphatic heterocycles. The monoisotopic (exact) mass is 322 g/mol. The third-order valence-electron chi connectivity index (χ3n) is 3.86. The third-order valence-corrected chi connectivity index (χ3v) is 5.08. The van der Waals surface area contributed by atoms with Gasteiger partial charge in [0, 0.05) is 22.3 Å². The van der Waals surface area contributed by atoms with E-state index in [2.05, 4.69) is 61.3 Å². The highest BCUT2D eigenvalue weighted by Gasteiger charge is 2.10. The van der Waals surface area contributed by atoms with Crippen molar-refractivity contribution in [2.75, 3.05) is 20.6 Å². The number of hydrogen-bond acceptors (Lipinski definition) is 3. The van der Waals surface area contributed by atoms with E-state index >= 15 is 0 Å². The molecule has 0 saturated heterocycles. The van der Waals surface area contributed by atoms with Gasteiger partial charge in [0.2, 0.25) is 0 Å². The largest absolute Gasteiger partial charge is 0.309 e. The Bertz CT molecular complexity index is 816. The van der Waals surface area contributed by atoms with Crippen LogP contribution in [0, 0.1) is 6.92 Å². The number of likely N-dealkylation sites (N-methyl/N-ethyl adjacent to an activating group) is 1. The van der Waals surface area contributed by atoms with Gasteiger partial charge in [0.15, 0.2) is 0 Å². The second kappa shape index (κ2) is 7.07. The van der Waals surface area contributed by atoms with Crippen LogP contribution in [0.2, 0.25) is 0 Å². The normalized spacial score (nSPS) is 11.8. The van der Waals surface area contributed by atoms with Gasteiger partial charge in [-0.05, 0) is 68.2 Å². The fraction of sp³-hybridized carbons (Fsp3) is 0.250. The molecule has 0 aliphatic carbocycles. The van der Waals surface area contributed by atoms with Gasteiger partial charge in [0.1, 0.15) is 0 Å². The summed E-state index contributed by atoms with van der Waals surface area (Å²) < 4.78 is 1.37. The molecule has 3 heteroatoms. The highest BCUT2D eigenvalue weighted by Crippen LogP contribution is 2.34. The topological polar surface area (TPSA) is 16.1 Å². The first-order chi connectivity index (χ1) is 11.1. The van der Waals surface area contributed by atoms with E-state index in [1.165, 1.54) is 26.1 Å². The van der Waals surface area contributed by atoms with Gasteiger partial charge in [0.05, 0.1) is 5.69 Å². The molecule has 0 atom stereocenters. The molecule has 1 aromatic carbocycles. The molecule has 0 spiro atoms. The van der Waals surface area contributed by atoms with E-state index < -0.39 is 0 Å². The zero-order valence-corrected chi connectivity index (χ0v) is 14.7. The molecule has 2 aromatic heterocycles. The number of hydrogen-bond donors (Lipinski definition) is 0. The Labute approximate surface area is 142 Å². The molecule has 23 heavy (non-hydrogen) atoms. The quantitative estimate of drug-likeness (QED) is 0.665. The molecule has 0 amide bonds. The fourth-order valence-corrected chi connectivity index (χ4v) is 3.89. The van der Waals surface area contributed by atoms with E-state index in [9.17, 15) is 0 Å². The van der Waals surface area contributed by atoms with E-state index in [0.717, 1.165) is 18.7 Å². The average molecular weight is 322 g/mol. The fourth-order valence-electron chi connectivity index (χ4n) is 2.61. The summed E-state index contributed by atoms with van der Waals surface area (Å²) in [4.78, 5) is 8.07. The number of rotatable bonds is 5. The highest BCUT2D eigenvalue weighted by atomic mass is 32.1.